The normalized spacial score (nSPS) is 14.2. The molecule has 0 aliphatic rings. The molecule has 0 amide bonds. The molecule has 11 heavy (non-hydrogen) atoms. The van der Waals surface area contributed by atoms with Gasteiger partial charge in [0.05, 0.1) is 12.0 Å². The summed E-state index contributed by atoms with van der Waals surface area (Å²) >= 11 is 0. The minimum atomic E-state index is 0.153. The van der Waals surface area contributed by atoms with Crippen molar-refractivity contribution >= 4 is 0 Å². The van der Waals surface area contributed by atoms with E-state index in [4.69, 9.17) is 5.26 Å². The lowest BCUT2D eigenvalue weighted by Gasteiger charge is -2.07. The first-order chi connectivity index (χ1) is 5.26. The van der Waals surface area contributed by atoms with Crippen molar-refractivity contribution in [1.82, 2.24) is 0 Å². The average molecular weight is 151 g/mol. The van der Waals surface area contributed by atoms with Crippen LogP contribution in [0.4, 0.5) is 0 Å². The Morgan fingerprint density at radius 3 is 2.64 bits per heavy atom. The van der Waals surface area contributed by atoms with Crippen LogP contribution in [0.25, 0.3) is 0 Å². The summed E-state index contributed by atoms with van der Waals surface area (Å²) in [5.74, 6) is 0.153. The molecule has 0 heterocycles. The Bertz CT molecular complexity index is 162. The quantitative estimate of drug-likeness (QED) is 0.566. The zero-order chi connectivity index (χ0) is 8.69. The Morgan fingerprint density at radius 1 is 1.64 bits per heavy atom. The molecule has 0 spiro atoms. The maximum atomic E-state index is 8.76. The summed E-state index contributed by atoms with van der Waals surface area (Å²) in [4.78, 5) is 0. The van der Waals surface area contributed by atoms with E-state index < -0.39 is 0 Å². The number of nitrogens with zero attached hydrogens (tertiary/aromatic N) is 1. The highest BCUT2D eigenvalue weighted by Crippen LogP contribution is 2.16. The fourth-order valence-electron chi connectivity index (χ4n) is 1.00. The predicted molar refractivity (Wildman–Crippen MR) is 48.1 cm³/mol. The van der Waals surface area contributed by atoms with E-state index in [1.165, 1.54) is 12.0 Å². The van der Waals surface area contributed by atoms with Gasteiger partial charge in [0.1, 0.15) is 0 Å². The first kappa shape index (κ1) is 10.2. The van der Waals surface area contributed by atoms with Crippen LogP contribution in [0.2, 0.25) is 0 Å². The third-order valence-corrected chi connectivity index (χ3v) is 2.01. The predicted octanol–water partition coefficient (Wildman–Crippen LogP) is 3.28. The topological polar surface area (TPSA) is 23.8 Å². The monoisotopic (exact) mass is 151 g/mol. The molecule has 0 aromatic carbocycles. The SMILES string of the molecule is CC=C(C)C(C#N)CCCC. The molecule has 0 radical (unpaired) electrons. The lowest BCUT2D eigenvalue weighted by atomic mass is 9.96. The molecule has 0 aliphatic carbocycles. The lowest BCUT2D eigenvalue weighted by Crippen LogP contribution is -1.97. The van der Waals surface area contributed by atoms with Gasteiger partial charge in [-0.25, -0.2) is 0 Å². The lowest BCUT2D eigenvalue weighted by molar-refractivity contribution is 0.626. The molecule has 1 atom stereocenters. The van der Waals surface area contributed by atoms with Crippen molar-refractivity contribution in [2.45, 2.75) is 40.0 Å². The van der Waals surface area contributed by atoms with Crippen molar-refractivity contribution in [3.63, 3.8) is 0 Å². The molecule has 0 saturated heterocycles. The van der Waals surface area contributed by atoms with Gasteiger partial charge in [-0.3, -0.25) is 0 Å². The smallest absolute Gasteiger partial charge is 0.0700 e. The molecule has 0 saturated carbocycles. The molecule has 0 rings (SSSR count). The Kier molecular flexibility index (Phi) is 5.56. The van der Waals surface area contributed by atoms with Crippen molar-refractivity contribution < 1.29 is 0 Å². The molecule has 0 bridgehead atoms. The van der Waals surface area contributed by atoms with Crippen molar-refractivity contribution in [2.75, 3.05) is 0 Å². The van der Waals surface area contributed by atoms with Gasteiger partial charge in [0.2, 0.25) is 0 Å². The molecule has 0 aromatic rings. The molecule has 1 unspecified atom stereocenters. The molecular formula is C10H17N. The zero-order valence-electron chi connectivity index (χ0n) is 7.72. The van der Waals surface area contributed by atoms with E-state index in [1.54, 1.807) is 0 Å². The summed E-state index contributed by atoms with van der Waals surface area (Å²) in [5, 5.41) is 8.76. The van der Waals surface area contributed by atoms with E-state index in [2.05, 4.69) is 13.0 Å². The number of rotatable bonds is 4. The molecule has 0 N–H and O–H groups in total. The first-order valence-corrected chi connectivity index (χ1v) is 4.28. The maximum absolute atomic E-state index is 8.76. The van der Waals surface area contributed by atoms with Gasteiger partial charge >= 0.3 is 0 Å². The highest BCUT2D eigenvalue weighted by atomic mass is 14.3. The van der Waals surface area contributed by atoms with Gasteiger partial charge in [0.25, 0.3) is 0 Å². The minimum Gasteiger partial charge on any atom is -0.198 e. The van der Waals surface area contributed by atoms with Crippen LogP contribution in [-0.2, 0) is 0 Å². The second kappa shape index (κ2) is 5.97. The molecule has 0 fully saturated rings. The van der Waals surface area contributed by atoms with Gasteiger partial charge in [-0.05, 0) is 20.3 Å². The Morgan fingerprint density at radius 2 is 2.27 bits per heavy atom. The van der Waals surface area contributed by atoms with Crippen LogP contribution in [0.3, 0.4) is 0 Å². The van der Waals surface area contributed by atoms with E-state index in [0.29, 0.717) is 0 Å². The molecule has 1 heteroatoms. The van der Waals surface area contributed by atoms with Crippen LogP contribution in [0.15, 0.2) is 11.6 Å². The third kappa shape index (κ3) is 3.83. The standard InChI is InChI=1S/C10H17N/c1-4-6-7-10(8-11)9(3)5-2/h5,10H,4,6-7H2,1-3H3. The molecule has 62 valence electrons. The molecular weight excluding hydrogens is 134 g/mol. The van der Waals surface area contributed by atoms with Crippen molar-refractivity contribution in [1.29, 1.82) is 5.26 Å². The minimum absolute atomic E-state index is 0.153. The number of unbranched alkanes of at least 4 members (excludes halogenated alkanes) is 1. The van der Waals surface area contributed by atoms with Crippen LogP contribution in [-0.4, -0.2) is 0 Å². The van der Waals surface area contributed by atoms with Crippen LogP contribution in [0.1, 0.15) is 40.0 Å². The van der Waals surface area contributed by atoms with Crippen molar-refractivity contribution in [2.24, 2.45) is 5.92 Å². The number of hydrogen-bond acceptors (Lipinski definition) is 1. The van der Waals surface area contributed by atoms with Gasteiger partial charge in [-0.2, -0.15) is 5.26 Å². The highest BCUT2D eigenvalue weighted by molar-refractivity contribution is 5.10. The summed E-state index contributed by atoms with van der Waals surface area (Å²) < 4.78 is 0. The number of allylic oxidation sites excluding steroid dienone is 2. The summed E-state index contributed by atoms with van der Waals surface area (Å²) in [7, 11) is 0. The van der Waals surface area contributed by atoms with Gasteiger partial charge in [0.15, 0.2) is 0 Å². The number of hydrogen-bond donors (Lipinski definition) is 0. The van der Waals surface area contributed by atoms with Crippen LogP contribution >= 0.6 is 0 Å². The first-order valence-electron chi connectivity index (χ1n) is 4.28. The second-order valence-electron chi connectivity index (χ2n) is 2.86. The van der Waals surface area contributed by atoms with Crippen LogP contribution < -0.4 is 0 Å². The number of nitriles is 1. The van der Waals surface area contributed by atoms with E-state index in [9.17, 15) is 0 Å². The average Bonchev–Trinajstić information content (AvgIpc) is 2.05. The van der Waals surface area contributed by atoms with Crippen LogP contribution in [0.5, 0.6) is 0 Å². The summed E-state index contributed by atoms with van der Waals surface area (Å²) in [6, 6.07) is 2.32. The summed E-state index contributed by atoms with van der Waals surface area (Å²) in [6.45, 7) is 6.18. The molecule has 0 aromatic heterocycles. The fraction of sp³-hybridized carbons (Fsp3) is 0.700. The van der Waals surface area contributed by atoms with Crippen molar-refractivity contribution in [3.8, 4) is 6.07 Å². The van der Waals surface area contributed by atoms with Gasteiger partial charge in [-0.15, -0.1) is 0 Å². The van der Waals surface area contributed by atoms with E-state index in [1.807, 2.05) is 19.9 Å². The van der Waals surface area contributed by atoms with Gasteiger partial charge in [-0.1, -0.05) is 31.4 Å². The maximum Gasteiger partial charge on any atom is 0.0700 e. The third-order valence-electron chi connectivity index (χ3n) is 2.01. The largest absolute Gasteiger partial charge is 0.198 e. The van der Waals surface area contributed by atoms with E-state index in [0.717, 1.165) is 12.8 Å². The fourth-order valence-corrected chi connectivity index (χ4v) is 1.00. The zero-order valence-corrected chi connectivity index (χ0v) is 7.72. The Hall–Kier alpha value is -0.770. The van der Waals surface area contributed by atoms with E-state index >= 15 is 0 Å². The molecule has 0 aliphatic heterocycles. The second-order valence-corrected chi connectivity index (χ2v) is 2.86. The Balaban J connectivity index is 3.88. The van der Waals surface area contributed by atoms with Gasteiger partial charge in [0, 0.05) is 0 Å². The highest BCUT2D eigenvalue weighted by Gasteiger charge is 2.06. The summed E-state index contributed by atoms with van der Waals surface area (Å²) in [6.07, 6.45) is 5.38. The van der Waals surface area contributed by atoms with Crippen molar-refractivity contribution in [3.05, 3.63) is 11.6 Å². The van der Waals surface area contributed by atoms with Gasteiger partial charge < -0.3 is 0 Å². The summed E-state index contributed by atoms with van der Waals surface area (Å²) in [5.41, 5.74) is 1.21. The Labute approximate surface area is 69.7 Å². The van der Waals surface area contributed by atoms with Crippen LogP contribution in [0, 0.1) is 17.2 Å². The molecule has 1 nitrogen and oxygen atoms in total. The van der Waals surface area contributed by atoms with E-state index in [-0.39, 0.29) is 5.92 Å².